The molecular formula is C17H19N3O4. The number of rotatable bonds is 3. The average Bonchev–Trinajstić information content (AvgIpc) is 3.17. The topological polar surface area (TPSA) is 76.7 Å². The second kappa shape index (κ2) is 6.72. The summed E-state index contributed by atoms with van der Waals surface area (Å²) in [4.78, 5) is 21.5. The van der Waals surface area contributed by atoms with E-state index in [0.29, 0.717) is 38.1 Å². The first kappa shape index (κ1) is 15.3. The van der Waals surface area contributed by atoms with Gasteiger partial charge in [0.25, 0.3) is 5.56 Å². The van der Waals surface area contributed by atoms with Crippen molar-refractivity contribution in [3.8, 4) is 11.3 Å². The van der Waals surface area contributed by atoms with Crippen molar-refractivity contribution < 1.29 is 14.2 Å². The molecule has 2 aromatic rings. The summed E-state index contributed by atoms with van der Waals surface area (Å²) in [7, 11) is 0. The molecule has 4 rings (SSSR count). The minimum atomic E-state index is -0.342. The number of H-pyrrole nitrogens is 1. The molecule has 3 heterocycles. The molecular weight excluding hydrogens is 310 g/mol. The molecule has 126 valence electrons. The number of benzene rings is 1. The van der Waals surface area contributed by atoms with E-state index in [0.717, 1.165) is 24.2 Å². The summed E-state index contributed by atoms with van der Waals surface area (Å²) in [6, 6.07) is 9.28. The second-order valence-electron chi connectivity index (χ2n) is 5.75. The number of hydrogen-bond acceptors (Lipinski definition) is 6. The molecule has 0 amide bonds. The normalized spacial score (nSPS) is 18.9. The largest absolute Gasteiger partial charge is 0.378 e. The zero-order valence-electron chi connectivity index (χ0n) is 13.2. The molecule has 0 aliphatic carbocycles. The summed E-state index contributed by atoms with van der Waals surface area (Å²) in [6.07, 6.45) is -0.342. The van der Waals surface area contributed by atoms with E-state index in [1.807, 2.05) is 29.2 Å². The molecule has 1 aromatic heterocycles. The molecule has 1 N–H and O–H groups in total. The molecule has 24 heavy (non-hydrogen) atoms. The molecule has 2 aliphatic heterocycles. The first-order valence-electron chi connectivity index (χ1n) is 8.07. The summed E-state index contributed by atoms with van der Waals surface area (Å²) in [5, 5.41) is 0. The van der Waals surface area contributed by atoms with Crippen LogP contribution in [0.1, 0.15) is 11.9 Å². The standard InChI is InChI=1S/C17H19N3O4/c21-15-11-14(18-17(19-15)20-4-6-22-7-5-20)12-2-1-3-13(10-12)16-23-8-9-24-16/h1-3,10-11,16H,4-9H2,(H,18,19,21). The average molecular weight is 329 g/mol. The lowest BCUT2D eigenvalue weighted by atomic mass is 10.1. The van der Waals surface area contributed by atoms with E-state index >= 15 is 0 Å². The summed E-state index contributed by atoms with van der Waals surface area (Å²) >= 11 is 0. The van der Waals surface area contributed by atoms with Crippen LogP contribution < -0.4 is 10.5 Å². The van der Waals surface area contributed by atoms with E-state index in [-0.39, 0.29) is 11.8 Å². The molecule has 0 bridgehead atoms. The Hall–Kier alpha value is -2.22. The summed E-state index contributed by atoms with van der Waals surface area (Å²) in [5.41, 5.74) is 2.27. The zero-order valence-corrected chi connectivity index (χ0v) is 13.2. The lowest BCUT2D eigenvalue weighted by Gasteiger charge is -2.27. The third kappa shape index (κ3) is 3.19. The lowest BCUT2D eigenvalue weighted by Crippen LogP contribution is -2.38. The molecule has 2 fully saturated rings. The lowest BCUT2D eigenvalue weighted by molar-refractivity contribution is -0.0440. The van der Waals surface area contributed by atoms with Gasteiger partial charge < -0.3 is 19.1 Å². The highest BCUT2D eigenvalue weighted by molar-refractivity contribution is 5.61. The monoisotopic (exact) mass is 329 g/mol. The molecule has 2 saturated heterocycles. The van der Waals surface area contributed by atoms with Crippen LogP contribution in [-0.4, -0.2) is 49.5 Å². The fourth-order valence-corrected chi connectivity index (χ4v) is 2.91. The number of hydrogen-bond donors (Lipinski definition) is 1. The fourth-order valence-electron chi connectivity index (χ4n) is 2.91. The Balaban J connectivity index is 1.67. The van der Waals surface area contributed by atoms with Gasteiger partial charge in [0.2, 0.25) is 5.95 Å². The second-order valence-corrected chi connectivity index (χ2v) is 5.75. The minimum absolute atomic E-state index is 0.166. The van der Waals surface area contributed by atoms with Crippen molar-refractivity contribution in [3.05, 3.63) is 46.2 Å². The van der Waals surface area contributed by atoms with Gasteiger partial charge in [-0.25, -0.2) is 4.98 Å². The van der Waals surface area contributed by atoms with Gasteiger partial charge >= 0.3 is 0 Å². The first-order valence-corrected chi connectivity index (χ1v) is 8.07. The molecule has 0 spiro atoms. The molecule has 0 saturated carbocycles. The molecule has 0 atom stereocenters. The number of morpholine rings is 1. The Morgan fingerprint density at radius 2 is 1.88 bits per heavy atom. The molecule has 0 unspecified atom stereocenters. The van der Waals surface area contributed by atoms with Crippen LogP contribution in [0.25, 0.3) is 11.3 Å². The van der Waals surface area contributed by atoms with Gasteiger partial charge in [-0.05, 0) is 6.07 Å². The van der Waals surface area contributed by atoms with E-state index in [1.165, 1.54) is 6.07 Å². The maximum Gasteiger partial charge on any atom is 0.252 e. The van der Waals surface area contributed by atoms with Crippen molar-refractivity contribution in [1.82, 2.24) is 9.97 Å². The maximum absolute atomic E-state index is 12.1. The Morgan fingerprint density at radius 1 is 1.08 bits per heavy atom. The van der Waals surface area contributed by atoms with E-state index in [9.17, 15) is 4.79 Å². The van der Waals surface area contributed by atoms with Crippen LogP contribution in [0.2, 0.25) is 0 Å². The van der Waals surface area contributed by atoms with Crippen molar-refractivity contribution >= 4 is 5.95 Å². The van der Waals surface area contributed by atoms with E-state index in [2.05, 4.69) is 9.97 Å². The van der Waals surface area contributed by atoms with Gasteiger partial charge in [-0.2, -0.15) is 0 Å². The third-order valence-corrected chi connectivity index (χ3v) is 4.12. The Kier molecular flexibility index (Phi) is 4.29. The van der Waals surface area contributed by atoms with Crippen LogP contribution >= 0.6 is 0 Å². The van der Waals surface area contributed by atoms with Gasteiger partial charge in [0.15, 0.2) is 6.29 Å². The molecule has 7 nitrogen and oxygen atoms in total. The molecule has 2 aliphatic rings. The Bertz CT molecular complexity index is 764. The smallest absolute Gasteiger partial charge is 0.252 e. The minimum Gasteiger partial charge on any atom is -0.378 e. The van der Waals surface area contributed by atoms with Crippen LogP contribution in [0.3, 0.4) is 0 Å². The van der Waals surface area contributed by atoms with Crippen LogP contribution in [0.5, 0.6) is 0 Å². The number of aromatic nitrogens is 2. The van der Waals surface area contributed by atoms with Gasteiger partial charge in [-0.1, -0.05) is 18.2 Å². The van der Waals surface area contributed by atoms with Gasteiger partial charge in [0.1, 0.15) is 0 Å². The predicted molar refractivity (Wildman–Crippen MR) is 88.0 cm³/mol. The first-order chi connectivity index (χ1) is 11.8. The highest BCUT2D eigenvalue weighted by Crippen LogP contribution is 2.27. The van der Waals surface area contributed by atoms with Crippen LogP contribution in [0.15, 0.2) is 35.1 Å². The van der Waals surface area contributed by atoms with Crippen molar-refractivity contribution in [2.75, 3.05) is 44.4 Å². The number of aromatic amines is 1. The molecule has 1 aromatic carbocycles. The fraction of sp³-hybridized carbons (Fsp3) is 0.412. The number of anilines is 1. The van der Waals surface area contributed by atoms with Gasteiger partial charge in [-0.3, -0.25) is 9.78 Å². The Labute approximate surface area is 139 Å². The Morgan fingerprint density at radius 3 is 2.67 bits per heavy atom. The van der Waals surface area contributed by atoms with Gasteiger partial charge in [-0.15, -0.1) is 0 Å². The molecule has 7 heteroatoms. The summed E-state index contributed by atoms with van der Waals surface area (Å²) in [5.74, 6) is 0.583. The van der Waals surface area contributed by atoms with E-state index in [1.54, 1.807) is 0 Å². The van der Waals surface area contributed by atoms with Crippen molar-refractivity contribution in [2.24, 2.45) is 0 Å². The molecule has 0 radical (unpaired) electrons. The number of ether oxygens (including phenoxy) is 3. The van der Waals surface area contributed by atoms with E-state index < -0.39 is 0 Å². The zero-order chi connectivity index (χ0) is 16.4. The van der Waals surface area contributed by atoms with Crippen molar-refractivity contribution in [3.63, 3.8) is 0 Å². The van der Waals surface area contributed by atoms with Crippen LogP contribution in [-0.2, 0) is 14.2 Å². The highest BCUT2D eigenvalue weighted by atomic mass is 16.7. The summed E-state index contributed by atoms with van der Waals surface area (Å²) < 4.78 is 16.4. The van der Waals surface area contributed by atoms with Gasteiger partial charge in [0.05, 0.1) is 32.1 Å². The van der Waals surface area contributed by atoms with Crippen LogP contribution in [0, 0.1) is 0 Å². The van der Waals surface area contributed by atoms with Crippen LogP contribution in [0.4, 0.5) is 5.95 Å². The van der Waals surface area contributed by atoms with Gasteiger partial charge in [0, 0.05) is 30.3 Å². The third-order valence-electron chi connectivity index (χ3n) is 4.12. The van der Waals surface area contributed by atoms with Crippen molar-refractivity contribution in [1.29, 1.82) is 0 Å². The predicted octanol–water partition coefficient (Wildman–Crippen LogP) is 1.32. The quantitative estimate of drug-likeness (QED) is 0.915. The highest BCUT2D eigenvalue weighted by Gasteiger charge is 2.19. The number of nitrogens with one attached hydrogen (secondary N) is 1. The summed E-state index contributed by atoms with van der Waals surface area (Å²) in [6.45, 7) is 3.91. The number of nitrogens with zero attached hydrogens (tertiary/aromatic N) is 2. The maximum atomic E-state index is 12.1. The van der Waals surface area contributed by atoms with E-state index in [4.69, 9.17) is 14.2 Å². The van der Waals surface area contributed by atoms with Crippen molar-refractivity contribution in [2.45, 2.75) is 6.29 Å². The SMILES string of the molecule is O=c1cc(-c2cccc(C3OCCO3)c2)nc(N2CCOCC2)[nH]1.